The van der Waals surface area contributed by atoms with Crippen molar-refractivity contribution in [1.82, 2.24) is 0 Å². The van der Waals surface area contributed by atoms with Gasteiger partial charge in [-0.15, -0.1) is 0 Å². The molecule has 0 spiro atoms. The highest BCUT2D eigenvalue weighted by molar-refractivity contribution is 9.10. The second-order valence-corrected chi connectivity index (χ2v) is 16.7. The number of hydrogen-bond donors (Lipinski definition) is 0. The Bertz CT molecular complexity index is 636. The minimum Gasteiger partial charge on any atom is -0.462 e. The number of hydrogen-bond acceptors (Lipinski definition) is 2. The third-order valence-electron chi connectivity index (χ3n) is 6.38. The second-order valence-electron chi connectivity index (χ2n) is 10.4. The molecule has 1 aliphatic rings. The SMILES string of the molecule is CC1(C)C[P+](C(C)(C)C)(C(C)(C)C)CC1COC(=O)c1ccc(Br)cc1. The highest BCUT2D eigenvalue weighted by Crippen LogP contribution is 2.83. The Kier molecular flexibility index (Phi) is 6.07. The van der Waals surface area contributed by atoms with Crippen molar-refractivity contribution >= 4 is 29.2 Å². The van der Waals surface area contributed by atoms with E-state index in [1.165, 1.54) is 12.3 Å². The Hall–Kier alpha value is -0.400. The lowest BCUT2D eigenvalue weighted by molar-refractivity contribution is 0.0379. The van der Waals surface area contributed by atoms with E-state index in [0.29, 0.717) is 28.4 Å². The molecule has 4 heteroatoms. The van der Waals surface area contributed by atoms with Gasteiger partial charge in [0.15, 0.2) is 0 Å². The molecule has 1 unspecified atom stereocenters. The molecule has 1 fully saturated rings. The van der Waals surface area contributed by atoms with E-state index in [9.17, 15) is 4.79 Å². The van der Waals surface area contributed by atoms with E-state index in [2.05, 4.69) is 71.3 Å². The van der Waals surface area contributed by atoms with Gasteiger partial charge in [-0.1, -0.05) is 29.8 Å². The molecule has 0 radical (unpaired) electrons. The summed E-state index contributed by atoms with van der Waals surface area (Å²) in [6.45, 7) is 19.7. The van der Waals surface area contributed by atoms with Crippen molar-refractivity contribution in [3.8, 4) is 0 Å². The van der Waals surface area contributed by atoms with Gasteiger partial charge in [0.25, 0.3) is 0 Å². The molecule has 1 aliphatic heterocycles. The zero-order chi connectivity index (χ0) is 20.0. The normalized spacial score (nSPS) is 22.3. The highest BCUT2D eigenvalue weighted by atomic mass is 79.9. The zero-order valence-electron chi connectivity index (χ0n) is 17.6. The maximum absolute atomic E-state index is 12.5. The second kappa shape index (κ2) is 7.21. The molecule has 2 rings (SSSR count). The molecule has 0 aliphatic carbocycles. The van der Waals surface area contributed by atoms with Crippen LogP contribution in [-0.4, -0.2) is 35.2 Å². The van der Waals surface area contributed by atoms with E-state index >= 15 is 0 Å². The lowest BCUT2D eigenvalue weighted by Gasteiger charge is -2.45. The standard InChI is InChI=1S/C22H35BrO2P/c1-20(2,3)26(21(4,5)6)14-17(22(7,8)15-26)13-25-19(24)16-9-11-18(23)12-10-16/h9-12,17H,13-15H2,1-8H3/q+1. The van der Waals surface area contributed by atoms with E-state index < -0.39 is 7.26 Å². The van der Waals surface area contributed by atoms with Crippen molar-refractivity contribution in [2.75, 3.05) is 18.9 Å². The first-order chi connectivity index (χ1) is 11.7. The van der Waals surface area contributed by atoms with Gasteiger partial charge >= 0.3 is 5.97 Å². The summed E-state index contributed by atoms with van der Waals surface area (Å²) in [6.07, 6.45) is 2.48. The van der Waals surface area contributed by atoms with Gasteiger partial charge in [-0.05, 0) is 65.8 Å². The molecular weight excluding hydrogens is 407 g/mol. The Morgan fingerprint density at radius 2 is 1.62 bits per heavy atom. The summed E-state index contributed by atoms with van der Waals surface area (Å²) in [7, 11) is -1.23. The van der Waals surface area contributed by atoms with Crippen LogP contribution < -0.4 is 0 Å². The van der Waals surface area contributed by atoms with Crippen molar-refractivity contribution < 1.29 is 9.53 Å². The summed E-state index contributed by atoms with van der Waals surface area (Å²) in [6, 6.07) is 7.39. The average molecular weight is 442 g/mol. The fraction of sp³-hybridized carbons (Fsp3) is 0.682. The third-order valence-corrected chi connectivity index (χ3v) is 14.5. The fourth-order valence-corrected chi connectivity index (χ4v) is 12.1. The molecule has 0 amide bonds. The number of carbonyl (C=O) groups is 1. The lowest BCUT2D eigenvalue weighted by atomic mass is 9.83. The maximum Gasteiger partial charge on any atom is 0.338 e. The van der Waals surface area contributed by atoms with Crippen molar-refractivity contribution in [3.63, 3.8) is 0 Å². The van der Waals surface area contributed by atoms with E-state index in [4.69, 9.17) is 4.74 Å². The minimum absolute atomic E-state index is 0.203. The topological polar surface area (TPSA) is 26.3 Å². The van der Waals surface area contributed by atoms with E-state index in [1.54, 1.807) is 0 Å². The summed E-state index contributed by atoms with van der Waals surface area (Å²) < 4.78 is 6.74. The quantitative estimate of drug-likeness (QED) is 0.377. The van der Waals surface area contributed by atoms with Crippen LogP contribution in [0.5, 0.6) is 0 Å². The van der Waals surface area contributed by atoms with Gasteiger partial charge in [0.1, 0.15) is 0 Å². The molecular formula is C22H35BrO2P+. The largest absolute Gasteiger partial charge is 0.462 e. The number of esters is 1. The lowest BCUT2D eigenvalue weighted by Crippen LogP contribution is -2.36. The van der Waals surface area contributed by atoms with E-state index in [-0.39, 0.29) is 11.4 Å². The Balaban J connectivity index is 2.17. The molecule has 1 aromatic carbocycles. The van der Waals surface area contributed by atoms with Gasteiger partial charge in [0.2, 0.25) is 0 Å². The predicted molar refractivity (Wildman–Crippen MR) is 118 cm³/mol. The summed E-state index contributed by atoms with van der Waals surface area (Å²) in [5.74, 6) is 0.212. The number of benzene rings is 1. The molecule has 2 nitrogen and oxygen atoms in total. The van der Waals surface area contributed by atoms with E-state index in [0.717, 1.165) is 4.47 Å². The van der Waals surface area contributed by atoms with Gasteiger partial charge in [-0.25, -0.2) is 4.79 Å². The van der Waals surface area contributed by atoms with Gasteiger partial charge in [0.05, 0.1) is 34.8 Å². The molecule has 1 aromatic rings. The third kappa shape index (κ3) is 4.20. The van der Waals surface area contributed by atoms with Crippen LogP contribution in [0.15, 0.2) is 28.7 Å². The summed E-state index contributed by atoms with van der Waals surface area (Å²) >= 11 is 3.40. The Morgan fingerprint density at radius 1 is 1.12 bits per heavy atom. The molecule has 26 heavy (non-hydrogen) atoms. The van der Waals surface area contributed by atoms with Crippen LogP contribution in [0.25, 0.3) is 0 Å². The van der Waals surface area contributed by atoms with Crippen LogP contribution in [0.1, 0.15) is 65.7 Å². The van der Waals surface area contributed by atoms with Crippen LogP contribution in [0.2, 0.25) is 0 Å². The molecule has 0 saturated carbocycles. The Morgan fingerprint density at radius 3 is 2.04 bits per heavy atom. The van der Waals surface area contributed by atoms with Crippen molar-refractivity contribution in [1.29, 1.82) is 0 Å². The highest BCUT2D eigenvalue weighted by Gasteiger charge is 2.66. The maximum atomic E-state index is 12.5. The predicted octanol–water partition coefficient (Wildman–Crippen LogP) is 6.88. The monoisotopic (exact) mass is 441 g/mol. The van der Waals surface area contributed by atoms with Crippen LogP contribution in [0.3, 0.4) is 0 Å². The van der Waals surface area contributed by atoms with Gasteiger partial charge in [-0.2, -0.15) is 0 Å². The summed E-state index contributed by atoms with van der Waals surface area (Å²) in [5, 5.41) is 0.625. The average Bonchev–Trinajstić information content (AvgIpc) is 2.77. The zero-order valence-corrected chi connectivity index (χ0v) is 20.1. The molecule has 146 valence electrons. The molecule has 0 N–H and O–H groups in total. The first-order valence-corrected chi connectivity index (χ1v) is 12.4. The van der Waals surface area contributed by atoms with Crippen molar-refractivity contribution in [2.45, 2.75) is 65.7 Å². The Labute approximate surface area is 168 Å². The molecule has 1 saturated heterocycles. The number of rotatable bonds is 3. The van der Waals surface area contributed by atoms with Gasteiger partial charge in [0, 0.05) is 23.1 Å². The summed E-state index contributed by atoms with van der Waals surface area (Å²) in [4.78, 5) is 12.5. The number of ether oxygens (including phenoxy) is 1. The van der Waals surface area contributed by atoms with Gasteiger partial charge in [-0.3, -0.25) is 0 Å². The number of carbonyl (C=O) groups excluding carboxylic acids is 1. The first-order valence-electron chi connectivity index (χ1n) is 9.50. The minimum atomic E-state index is -1.23. The smallest absolute Gasteiger partial charge is 0.338 e. The molecule has 1 heterocycles. The van der Waals surface area contributed by atoms with Crippen LogP contribution >= 0.6 is 23.2 Å². The fourth-order valence-electron chi connectivity index (χ4n) is 4.66. The molecule has 1 atom stereocenters. The summed E-state index contributed by atoms with van der Waals surface area (Å²) in [5.41, 5.74) is 0.825. The molecule has 0 bridgehead atoms. The van der Waals surface area contributed by atoms with E-state index in [1.807, 2.05) is 24.3 Å². The van der Waals surface area contributed by atoms with Crippen molar-refractivity contribution in [3.05, 3.63) is 34.3 Å². The van der Waals surface area contributed by atoms with Crippen molar-refractivity contribution in [2.24, 2.45) is 11.3 Å². The van der Waals surface area contributed by atoms with Crippen LogP contribution in [0, 0.1) is 11.3 Å². The molecule has 0 aromatic heterocycles. The van der Waals surface area contributed by atoms with Crippen LogP contribution in [0.4, 0.5) is 0 Å². The first kappa shape index (κ1) is 21.9. The van der Waals surface area contributed by atoms with Crippen LogP contribution in [-0.2, 0) is 4.74 Å². The number of halogens is 1. The van der Waals surface area contributed by atoms with Gasteiger partial charge < -0.3 is 4.74 Å².